The summed E-state index contributed by atoms with van der Waals surface area (Å²) in [6.45, 7) is 1.12. The van der Waals surface area contributed by atoms with Gasteiger partial charge in [0.1, 0.15) is 5.75 Å². The molecule has 1 amide bonds. The lowest BCUT2D eigenvalue weighted by Gasteiger charge is -2.28. The second-order valence-corrected chi connectivity index (χ2v) is 7.44. The van der Waals surface area contributed by atoms with Gasteiger partial charge >= 0.3 is 6.09 Å². The maximum Gasteiger partial charge on any atom is 0.407 e. The monoisotopic (exact) mass is 422 g/mol. The zero-order valence-corrected chi connectivity index (χ0v) is 17.0. The lowest BCUT2D eigenvalue weighted by molar-refractivity contribution is 0.139. The van der Waals surface area contributed by atoms with Gasteiger partial charge in [0.2, 0.25) is 0 Å². The molecule has 7 nitrogen and oxygen atoms in total. The highest BCUT2D eigenvalue weighted by Gasteiger charge is 2.25. The molecule has 1 aromatic heterocycles. The molecule has 3 aromatic rings. The molecule has 1 aliphatic heterocycles. The lowest BCUT2D eigenvalue weighted by atomic mass is 9.99. The first-order valence-electron chi connectivity index (χ1n) is 9.40. The van der Waals surface area contributed by atoms with Crippen LogP contribution < -0.4 is 10.1 Å². The Morgan fingerprint density at radius 1 is 1.37 bits per heavy atom. The van der Waals surface area contributed by atoms with Crippen molar-refractivity contribution in [1.29, 1.82) is 5.26 Å². The zero-order valence-electron chi connectivity index (χ0n) is 16.3. The highest BCUT2D eigenvalue weighted by molar-refractivity contribution is 6.32. The van der Waals surface area contributed by atoms with E-state index in [-0.39, 0.29) is 6.54 Å². The minimum atomic E-state index is -0.959. The van der Waals surface area contributed by atoms with Crippen molar-refractivity contribution in [3.8, 4) is 11.8 Å². The molecule has 0 radical (unpaired) electrons. The number of hydrogen-bond donors (Lipinski definition) is 2. The number of ether oxygens (including phenoxy) is 1. The van der Waals surface area contributed by atoms with Crippen LogP contribution in [-0.2, 0) is 19.5 Å². The Kier molecular flexibility index (Phi) is 5.34. The van der Waals surface area contributed by atoms with Crippen LogP contribution in [0.15, 0.2) is 36.4 Å². The number of pyridine rings is 1. The fourth-order valence-electron chi connectivity index (χ4n) is 3.69. The molecule has 0 unspecified atom stereocenters. The van der Waals surface area contributed by atoms with Crippen molar-refractivity contribution >= 4 is 34.3 Å². The molecule has 0 bridgehead atoms. The normalized spacial score (nSPS) is 12.9. The number of hydrogen-bond acceptors (Lipinski definition) is 5. The third-order valence-corrected chi connectivity index (χ3v) is 5.52. The largest absolute Gasteiger partial charge is 0.495 e. The molecule has 0 aliphatic carbocycles. The fraction of sp³-hybridized carbons (Fsp3) is 0.227. The first kappa shape index (κ1) is 19.8. The minimum Gasteiger partial charge on any atom is -0.495 e. The van der Waals surface area contributed by atoms with Crippen LogP contribution in [0.3, 0.4) is 0 Å². The SMILES string of the molecule is COc1ccc(CNc2c3c(nc4ccc(C#N)cc24)CCN(C(=O)O)C3)cc1Cl. The zero-order chi connectivity index (χ0) is 21.3. The van der Waals surface area contributed by atoms with E-state index in [1.165, 1.54) is 4.90 Å². The van der Waals surface area contributed by atoms with Gasteiger partial charge in [-0.1, -0.05) is 17.7 Å². The van der Waals surface area contributed by atoms with E-state index in [1.54, 1.807) is 25.3 Å². The summed E-state index contributed by atoms with van der Waals surface area (Å²) in [6.07, 6.45) is -0.417. The summed E-state index contributed by atoms with van der Waals surface area (Å²) in [7, 11) is 1.56. The standard InChI is InChI=1S/C22H19ClN4O3/c1-30-20-5-3-14(9-17(20)23)11-25-21-15-8-13(10-24)2-4-18(15)26-19-6-7-27(22(28)29)12-16(19)21/h2-5,8-9H,6-7,11-12H2,1H3,(H,25,26)(H,28,29). The van der Waals surface area contributed by atoms with Crippen molar-refractivity contribution in [1.82, 2.24) is 9.88 Å². The summed E-state index contributed by atoms with van der Waals surface area (Å²) >= 11 is 6.24. The number of methoxy groups -OCH3 is 1. The molecule has 1 aliphatic rings. The fourth-order valence-corrected chi connectivity index (χ4v) is 3.97. The summed E-state index contributed by atoms with van der Waals surface area (Å²) in [5, 5.41) is 23.5. The number of amides is 1. The van der Waals surface area contributed by atoms with E-state index in [2.05, 4.69) is 11.4 Å². The van der Waals surface area contributed by atoms with Crippen LogP contribution in [0, 0.1) is 11.3 Å². The summed E-state index contributed by atoms with van der Waals surface area (Å²) in [4.78, 5) is 17.6. The van der Waals surface area contributed by atoms with Crippen molar-refractivity contribution < 1.29 is 14.6 Å². The second-order valence-electron chi connectivity index (χ2n) is 7.03. The summed E-state index contributed by atoms with van der Waals surface area (Å²) in [6, 6.07) is 13.0. The number of aromatic nitrogens is 1. The van der Waals surface area contributed by atoms with Crippen molar-refractivity contribution in [2.45, 2.75) is 19.5 Å². The first-order chi connectivity index (χ1) is 14.5. The van der Waals surface area contributed by atoms with Gasteiger partial charge < -0.3 is 20.1 Å². The number of carbonyl (C=O) groups is 1. The predicted octanol–water partition coefficient (Wildman–Crippen LogP) is 4.42. The highest BCUT2D eigenvalue weighted by atomic mass is 35.5. The Morgan fingerprint density at radius 3 is 2.90 bits per heavy atom. The van der Waals surface area contributed by atoms with Gasteiger partial charge in [-0.05, 0) is 35.9 Å². The molecule has 152 valence electrons. The topological polar surface area (TPSA) is 98.5 Å². The molecule has 0 saturated carbocycles. The van der Waals surface area contributed by atoms with E-state index in [9.17, 15) is 15.2 Å². The molecule has 2 N–H and O–H groups in total. The number of benzene rings is 2. The van der Waals surface area contributed by atoms with Gasteiger partial charge in [0.25, 0.3) is 0 Å². The highest BCUT2D eigenvalue weighted by Crippen LogP contribution is 2.34. The number of nitriles is 1. The molecule has 0 atom stereocenters. The van der Waals surface area contributed by atoms with Crippen molar-refractivity contribution in [3.05, 3.63) is 63.8 Å². The number of fused-ring (bicyclic) bond motifs is 2. The van der Waals surface area contributed by atoms with Gasteiger partial charge in [-0.25, -0.2) is 4.79 Å². The van der Waals surface area contributed by atoms with Crippen LogP contribution in [0.4, 0.5) is 10.5 Å². The van der Waals surface area contributed by atoms with Gasteiger partial charge in [0.05, 0.1) is 41.5 Å². The van der Waals surface area contributed by atoms with E-state index in [0.717, 1.165) is 33.4 Å². The maximum atomic E-state index is 11.5. The van der Waals surface area contributed by atoms with Gasteiger partial charge in [0, 0.05) is 36.2 Å². The molecule has 4 rings (SSSR count). The number of rotatable bonds is 4. The Hall–Kier alpha value is -3.50. The van der Waals surface area contributed by atoms with Crippen LogP contribution in [-0.4, -0.2) is 34.7 Å². The average molecular weight is 423 g/mol. The van der Waals surface area contributed by atoms with Crippen LogP contribution in [0.5, 0.6) is 5.75 Å². The molecular weight excluding hydrogens is 404 g/mol. The van der Waals surface area contributed by atoms with Crippen LogP contribution >= 0.6 is 11.6 Å². The van der Waals surface area contributed by atoms with E-state index in [0.29, 0.717) is 35.8 Å². The number of carboxylic acid groups (broad SMARTS) is 1. The van der Waals surface area contributed by atoms with Gasteiger partial charge in [-0.15, -0.1) is 0 Å². The van der Waals surface area contributed by atoms with E-state index < -0.39 is 6.09 Å². The second kappa shape index (κ2) is 8.09. The molecule has 0 saturated heterocycles. The van der Waals surface area contributed by atoms with E-state index in [4.69, 9.17) is 21.3 Å². The Balaban J connectivity index is 1.77. The van der Waals surface area contributed by atoms with Gasteiger partial charge in [-0.3, -0.25) is 4.98 Å². The van der Waals surface area contributed by atoms with Crippen molar-refractivity contribution in [2.24, 2.45) is 0 Å². The lowest BCUT2D eigenvalue weighted by Crippen LogP contribution is -2.35. The molecule has 30 heavy (non-hydrogen) atoms. The minimum absolute atomic E-state index is 0.246. The maximum absolute atomic E-state index is 11.5. The van der Waals surface area contributed by atoms with E-state index >= 15 is 0 Å². The number of anilines is 1. The quantitative estimate of drug-likeness (QED) is 0.645. The van der Waals surface area contributed by atoms with Crippen LogP contribution in [0.2, 0.25) is 5.02 Å². The molecule has 0 fully saturated rings. The van der Waals surface area contributed by atoms with E-state index in [1.807, 2.05) is 18.2 Å². The number of halogens is 1. The van der Waals surface area contributed by atoms with Crippen LogP contribution in [0.1, 0.15) is 22.4 Å². The van der Waals surface area contributed by atoms with Crippen molar-refractivity contribution in [3.63, 3.8) is 0 Å². The number of nitrogens with zero attached hydrogens (tertiary/aromatic N) is 3. The molecule has 2 heterocycles. The Labute approximate surface area is 178 Å². The van der Waals surface area contributed by atoms with Gasteiger partial charge in [0.15, 0.2) is 0 Å². The Morgan fingerprint density at radius 2 is 2.20 bits per heavy atom. The first-order valence-corrected chi connectivity index (χ1v) is 9.77. The third kappa shape index (κ3) is 3.70. The smallest absolute Gasteiger partial charge is 0.407 e. The predicted molar refractivity (Wildman–Crippen MR) is 114 cm³/mol. The molecular formula is C22H19ClN4O3. The molecule has 8 heteroatoms. The summed E-state index contributed by atoms with van der Waals surface area (Å²) < 4.78 is 5.20. The molecule has 0 spiro atoms. The average Bonchev–Trinajstić information content (AvgIpc) is 2.76. The summed E-state index contributed by atoms with van der Waals surface area (Å²) in [5.41, 5.74) is 4.75. The summed E-state index contributed by atoms with van der Waals surface area (Å²) in [5.74, 6) is 0.600. The van der Waals surface area contributed by atoms with Gasteiger partial charge in [-0.2, -0.15) is 5.26 Å². The Bertz CT molecular complexity index is 1190. The van der Waals surface area contributed by atoms with Crippen molar-refractivity contribution in [2.75, 3.05) is 19.0 Å². The van der Waals surface area contributed by atoms with Crippen LogP contribution in [0.25, 0.3) is 10.9 Å². The molecule has 2 aromatic carbocycles. The third-order valence-electron chi connectivity index (χ3n) is 5.22. The number of nitrogens with one attached hydrogen (secondary N) is 1.